The highest BCUT2D eigenvalue weighted by molar-refractivity contribution is 5.26. The van der Waals surface area contributed by atoms with Crippen LogP contribution in [0.1, 0.15) is 44.2 Å². The number of hydrogen-bond donors (Lipinski definition) is 1. The molecule has 0 bridgehead atoms. The summed E-state index contributed by atoms with van der Waals surface area (Å²) in [7, 11) is 0. The van der Waals surface area contributed by atoms with Gasteiger partial charge in [-0.25, -0.2) is 0 Å². The number of nitrogens with one attached hydrogen (secondary N) is 1. The molecule has 16 heavy (non-hydrogen) atoms. The second-order valence-corrected chi connectivity index (χ2v) is 5.06. The highest BCUT2D eigenvalue weighted by Crippen LogP contribution is 2.31. The highest BCUT2D eigenvalue weighted by atomic mass is 16.5. The van der Waals surface area contributed by atoms with Gasteiger partial charge in [-0.05, 0) is 31.2 Å². The van der Waals surface area contributed by atoms with Crippen LogP contribution < -0.4 is 5.32 Å². The smallest absolute Gasteiger partial charge is 0.140 e. The van der Waals surface area contributed by atoms with Crippen molar-refractivity contribution < 1.29 is 4.52 Å². The summed E-state index contributed by atoms with van der Waals surface area (Å²) in [6.45, 7) is 8.57. The average molecular weight is 222 g/mol. The zero-order valence-corrected chi connectivity index (χ0v) is 10.5. The third-order valence-corrected chi connectivity index (χ3v) is 3.64. The van der Waals surface area contributed by atoms with E-state index < -0.39 is 0 Å². The van der Waals surface area contributed by atoms with Crippen LogP contribution in [0.5, 0.6) is 0 Å². The van der Waals surface area contributed by atoms with E-state index >= 15 is 0 Å². The fourth-order valence-electron chi connectivity index (χ4n) is 2.44. The van der Waals surface area contributed by atoms with Crippen molar-refractivity contribution in [2.75, 3.05) is 6.54 Å². The molecule has 1 atom stereocenters. The molecule has 3 nitrogen and oxygen atoms in total. The third-order valence-electron chi connectivity index (χ3n) is 3.64. The summed E-state index contributed by atoms with van der Waals surface area (Å²) >= 11 is 0. The van der Waals surface area contributed by atoms with Gasteiger partial charge in [-0.3, -0.25) is 0 Å². The maximum atomic E-state index is 5.42. The normalized spacial score (nSPS) is 20.1. The molecule has 0 aromatic carbocycles. The van der Waals surface area contributed by atoms with Gasteiger partial charge in [0.2, 0.25) is 0 Å². The van der Waals surface area contributed by atoms with Gasteiger partial charge >= 0.3 is 0 Å². The Morgan fingerprint density at radius 2 is 2.31 bits per heavy atom. The van der Waals surface area contributed by atoms with Crippen molar-refractivity contribution in [2.45, 2.75) is 46.6 Å². The molecule has 1 N–H and O–H groups in total. The standard InChI is InChI=1S/C13H22N2O/c1-4-14-8-12-11-7-10(9(2)3)5-6-13(11)16-15-12/h9-10,14H,4-8H2,1-3H3. The first-order valence-electron chi connectivity index (χ1n) is 6.39. The summed E-state index contributed by atoms with van der Waals surface area (Å²) in [6.07, 6.45) is 3.47. The summed E-state index contributed by atoms with van der Waals surface area (Å²) in [5, 5.41) is 7.51. The second kappa shape index (κ2) is 5.00. The van der Waals surface area contributed by atoms with Crippen LogP contribution in [-0.4, -0.2) is 11.7 Å². The Labute approximate surface area is 97.6 Å². The van der Waals surface area contributed by atoms with Crippen molar-refractivity contribution in [3.63, 3.8) is 0 Å². The largest absolute Gasteiger partial charge is 0.361 e. The van der Waals surface area contributed by atoms with Gasteiger partial charge < -0.3 is 9.84 Å². The van der Waals surface area contributed by atoms with Gasteiger partial charge in [0.15, 0.2) is 0 Å². The van der Waals surface area contributed by atoms with E-state index in [9.17, 15) is 0 Å². The monoisotopic (exact) mass is 222 g/mol. The Morgan fingerprint density at radius 3 is 3.00 bits per heavy atom. The average Bonchev–Trinajstić information content (AvgIpc) is 2.68. The van der Waals surface area contributed by atoms with E-state index in [1.807, 2.05) is 0 Å². The van der Waals surface area contributed by atoms with Gasteiger partial charge in [-0.1, -0.05) is 25.9 Å². The molecule has 1 heterocycles. The minimum Gasteiger partial charge on any atom is -0.361 e. The van der Waals surface area contributed by atoms with E-state index in [2.05, 4.69) is 31.2 Å². The summed E-state index contributed by atoms with van der Waals surface area (Å²) in [5.41, 5.74) is 2.51. The number of fused-ring (bicyclic) bond motifs is 1. The Kier molecular flexibility index (Phi) is 3.64. The minimum absolute atomic E-state index is 0.759. The molecular formula is C13H22N2O. The van der Waals surface area contributed by atoms with Crippen molar-refractivity contribution in [1.29, 1.82) is 0 Å². The van der Waals surface area contributed by atoms with E-state index in [1.54, 1.807) is 0 Å². The van der Waals surface area contributed by atoms with E-state index in [0.29, 0.717) is 0 Å². The molecule has 0 aliphatic heterocycles. The molecule has 2 rings (SSSR count). The second-order valence-electron chi connectivity index (χ2n) is 5.06. The van der Waals surface area contributed by atoms with Crippen molar-refractivity contribution in [3.8, 4) is 0 Å². The van der Waals surface area contributed by atoms with Crippen LogP contribution >= 0.6 is 0 Å². The van der Waals surface area contributed by atoms with E-state index in [-0.39, 0.29) is 0 Å². The maximum absolute atomic E-state index is 5.42. The van der Waals surface area contributed by atoms with Crippen LogP contribution in [0.2, 0.25) is 0 Å². The van der Waals surface area contributed by atoms with Gasteiger partial charge in [0, 0.05) is 18.5 Å². The zero-order valence-electron chi connectivity index (χ0n) is 10.5. The lowest BCUT2D eigenvalue weighted by Crippen LogP contribution is -2.20. The Morgan fingerprint density at radius 1 is 1.50 bits per heavy atom. The van der Waals surface area contributed by atoms with E-state index in [4.69, 9.17) is 4.52 Å². The van der Waals surface area contributed by atoms with Gasteiger partial charge in [-0.2, -0.15) is 0 Å². The maximum Gasteiger partial charge on any atom is 0.140 e. The van der Waals surface area contributed by atoms with Crippen molar-refractivity contribution in [2.24, 2.45) is 11.8 Å². The molecule has 1 aromatic rings. The molecule has 0 amide bonds. The molecule has 0 fully saturated rings. The zero-order chi connectivity index (χ0) is 11.5. The van der Waals surface area contributed by atoms with Crippen LogP contribution in [0.25, 0.3) is 0 Å². The molecule has 3 heteroatoms. The predicted octanol–water partition coefficient (Wildman–Crippen LogP) is 2.55. The van der Waals surface area contributed by atoms with E-state index in [1.165, 1.54) is 12.0 Å². The van der Waals surface area contributed by atoms with Gasteiger partial charge in [0.25, 0.3) is 0 Å². The predicted molar refractivity (Wildman–Crippen MR) is 64.2 cm³/mol. The Balaban J connectivity index is 2.11. The molecule has 1 aromatic heterocycles. The molecule has 0 saturated heterocycles. The van der Waals surface area contributed by atoms with Crippen molar-refractivity contribution in [1.82, 2.24) is 10.5 Å². The van der Waals surface area contributed by atoms with Gasteiger partial charge in [-0.15, -0.1) is 0 Å². The quantitative estimate of drug-likeness (QED) is 0.850. The van der Waals surface area contributed by atoms with Crippen molar-refractivity contribution in [3.05, 3.63) is 17.0 Å². The molecule has 0 spiro atoms. The first-order valence-corrected chi connectivity index (χ1v) is 6.39. The lowest BCUT2D eigenvalue weighted by molar-refractivity contribution is 0.305. The molecular weight excluding hydrogens is 200 g/mol. The number of aromatic nitrogens is 1. The molecule has 0 saturated carbocycles. The molecule has 90 valence electrons. The summed E-state index contributed by atoms with van der Waals surface area (Å²) in [4.78, 5) is 0. The van der Waals surface area contributed by atoms with Gasteiger partial charge in [0.05, 0.1) is 0 Å². The first kappa shape index (κ1) is 11.6. The fraction of sp³-hybridized carbons (Fsp3) is 0.769. The number of rotatable bonds is 4. The van der Waals surface area contributed by atoms with Crippen LogP contribution in [0.15, 0.2) is 4.52 Å². The molecule has 1 aliphatic carbocycles. The summed E-state index contributed by atoms with van der Waals surface area (Å²) in [5.74, 6) is 2.69. The SMILES string of the molecule is CCNCc1noc2c1CC(C(C)C)CC2. The minimum atomic E-state index is 0.759. The Hall–Kier alpha value is -0.830. The molecule has 1 aliphatic rings. The Bertz CT molecular complexity index is 344. The molecule has 1 unspecified atom stereocenters. The van der Waals surface area contributed by atoms with Crippen LogP contribution in [0, 0.1) is 11.8 Å². The first-order chi connectivity index (χ1) is 7.72. The lowest BCUT2D eigenvalue weighted by Gasteiger charge is -2.24. The number of hydrogen-bond acceptors (Lipinski definition) is 3. The third kappa shape index (κ3) is 2.29. The van der Waals surface area contributed by atoms with Crippen LogP contribution in [-0.2, 0) is 19.4 Å². The van der Waals surface area contributed by atoms with Crippen LogP contribution in [0.3, 0.4) is 0 Å². The fourth-order valence-corrected chi connectivity index (χ4v) is 2.44. The highest BCUT2D eigenvalue weighted by Gasteiger charge is 2.26. The van der Waals surface area contributed by atoms with Crippen LogP contribution in [0.4, 0.5) is 0 Å². The van der Waals surface area contributed by atoms with Crippen molar-refractivity contribution >= 4 is 0 Å². The lowest BCUT2D eigenvalue weighted by atomic mass is 9.80. The molecule has 0 radical (unpaired) electrons. The summed E-state index contributed by atoms with van der Waals surface area (Å²) < 4.78 is 5.42. The van der Waals surface area contributed by atoms with E-state index in [0.717, 1.165) is 49.2 Å². The number of aryl methyl sites for hydroxylation is 1. The topological polar surface area (TPSA) is 38.1 Å². The number of nitrogens with zero attached hydrogens (tertiary/aromatic N) is 1. The summed E-state index contributed by atoms with van der Waals surface area (Å²) in [6, 6.07) is 0. The van der Waals surface area contributed by atoms with Gasteiger partial charge in [0.1, 0.15) is 11.5 Å².